The number of hydrogen-bond acceptors (Lipinski definition) is 3. The number of anilines is 2. The lowest BCUT2D eigenvalue weighted by atomic mass is 10.1. The van der Waals surface area contributed by atoms with Crippen molar-refractivity contribution in [3.05, 3.63) is 89.5 Å². The Balaban J connectivity index is 1.38. The van der Waals surface area contributed by atoms with Gasteiger partial charge in [0.15, 0.2) is 0 Å². The molecule has 5 heteroatoms. The van der Waals surface area contributed by atoms with Crippen LogP contribution in [-0.2, 0) is 6.54 Å². The largest absolute Gasteiger partial charge is 0.494 e. The Morgan fingerprint density at radius 1 is 1.00 bits per heavy atom. The maximum atomic E-state index is 12.6. The number of unbranched alkanes of at least 4 members (excludes halogenated alkanes) is 1. The predicted octanol–water partition coefficient (Wildman–Crippen LogP) is 5.28. The van der Waals surface area contributed by atoms with E-state index in [2.05, 4.69) is 12.2 Å². The summed E-state index contributed by atoms with van der Waals surface area (Å²) in [4.78, 5) is 26.9. The second-order valence-corrected chi connectivity index (χ2v) is 7.28. The number of nitrogens with one attached hydrogen (secondary N) is 1. The summed E-state index contributed by atoms with van der Waals surface area (Å²) < 4.78 is 5.63. The number of amides is 2. The van der Waals surface area contributed by atoms with Gasteiger partial charge in [-0.25, -0.2) is 0 Å². The molecule has 0 fully saturated rings. The van der Waals surface area contributed by atoms with Crippen molar-refractivity contribution in [2.24, 2.45) is 0 Å². The van der Waals surface area contributed by atoms with Crippen LogP contribution in [0, 0.1) is 0 Å². The molecule has 5 nitrogen and oxygen atoms in total. The van der Waals surface area contributed by atoms with Gasteiger partial charge in [0, 0.05) is 22.5 Å². The van der Waals surface area contributed by atoms with E-state index in [0.29, 0.717) is 24.4 Å². The summed E-state index contributed by atoms with van der Waals surface area (Å²) in [6.07, 6.45) is 2.09. The first-order valence-electron chi connectivity index (χ1n) is 10.2. The molecule has 3 aromatic rings. The maximum absolute atomic E-state index is 12.6. The molecule has 3 aromatic carbocycles. The molecule has 0 spiro atoms. The molecular formula is C25H24N2O3. The third-order valence-electron chi connectivity index (χ3n) is 5.14. The standard InChI is InChI=1S/C25H24N2O3/c1-2-3-16-30-22-14-8-18(9-15-22)24(28)26-20-10-12-21(13-11-20)27-17-19-6-4-5-7-23(19)25(27)29/h4-15H,2-3,16-17H2,1H3,(H,26,28). The number of fused-ring (bicyclic) bond motifs is 1. The molecule has 1 heterocycles. The van der Waals surface area contributed by atoms with E-state index < -0.39 is 0 Å². The van der Waals surface area contributed by atoms with Crippen molar-refractivity contribution in [1.82, 2.24) is 0 Å². The van der Waals surface area contributed by atoms with Gasteiger partial charge in [0.2, 0.25) is 0 Å². The number of benzene rings is 3. The van der Waals surface area contributed by atoms with Crippen molar-refractivity contribution < 1.29 is 14.3 Å². The zero-order chi connectivity index (χ0) is 20.9. The van der Waals surface area contributed by atoms with Crippen molar-refractivity contribution in [2.45, 2.75) is 26.3 Å². The Labute approximate surface area is 176 Å². The van der Waals surface area contributed by atoms with Gasteiger partial charge in [-0.2, -0.15) is 0 Å². The summed E-state index contributed by atoms with van der Waals surface area (Å²) in [7, 11) is 0. The summed E-state index contributed by atoms with van der Waals surface area (Å²) >= 11 is 0. The van der Waals surface area contributed by atoms with Crippen LogP contribution in [0.25, 0.3) is 0 Å². The Morgan fingerprint density at radius 2 is 1.73 bits per heavy atom. The van der Waals surface area contributed by atoms with Crippen LogP contribution < -0.4 is 15.0 Å². The number of carbonyl (C=O) groups is 2. The summed E-state index contributed by atoms with van der Waals surface area (Å²) in [6, 6.07) is 22.1. The van der Waals surface area contributed by atoms with Crippen LogP contribution in [0.2, 0.25) is 0 Å². The highest BCUT2D eigenvalue weighted by Crippen LogP contribution is 2.29. The normalized spacial score (nSPS) is 12.6. The lowest BCUT2D eigenvalue weighted by molar-refractivity contribution is 0.0994. The molecule has 0 aromatic heterocycles. The molecule has 4 rings (SSSR count). The molecule has 152 valence electrons. The van der Waals surface area contributed by atoms with E-state index in [9.17, 15) is 9.59 Å². The third kappa shape index (κ3) is 4.20. The van der Waals surface area contributed by atoms with Crippen LogP contribution in [0.4, 0.5) is 11.4 Å². The van der Waals surface area contributed by atoms with E-state index in [-0.39, 0.29) is 11.8 Å². The first-order chi connectivity index (χ1) is 14.7. The summed E-state index contributed by atoms with van der Waals surface area (Å²) in [6.45, 7) is 3.36. The minimum atomic E-state index is -0.187. The summed E-state index contributed by atoms with van der Waals surface area (Å²) in [5.74, 6) is 0.580. The van der Waals surface area contributed by atoms with E-state index in [0.717, 1.165) is 35.4 Å². The highest BCUT2D eigenvalue weighted by atomic mass is 16.5. The zero-order valence-electron chi connectivity index (χ0n) is 16.9. The van der Waals surface area contributed by atoms with Crippen molar-refractivity contribution in [3.63, 3.8) is 0 Å². The van der Waals surface area contributed by atoms with Crippen LogP contribution in [0.1, 0.15) is 46.0 Å². The predicted molar refractivity (Wildman–Crippen MR) is 118 cm³/mol. The molecule has 0 unspecified atom stereocenters. The van der Waals surface area contributed by atoms with Gasteiger partial charge in [0.05, 0.1) is 13.2 Å². The topological polar surface area (TPSA) is 58.6 Å². The van der Waals surface area contributed by atoms with E-state index in [1.807, 2.05) is 60.7 Å². The fraction of sp³-hybridized carbons (Fsp3) is 0.200. The molecule has 30 heavy (non-hydrogen) atoms. The van der Waals surface area contributed by atoms with E-state index in [1.54, 1.807) is 17.0 Å². The van der Waals surface area contributed by atoms with Crippen molar-refractivity contribution in [1.29, 1.82) is 0 Å². The maximum Gasteiger partial charge on any atom is 0.258 e. The Morgan fingerprint density at radius 3 is 2.43 bits per heavy atom. The lowest BCUT2D eigenvalue weighted by Gasteiger charge is -2.16. The summed E-state index contributed by atoms with van der Waals surface area (Å²) in [5.41, 5.74) is 3.82. The van der Waals surface area contributed by atoms with Crippen LogP contribution in [-0.4, -0.2) is 18.4 Å². The van der Waals surface area contributed by atoms with Crippen LogP contribution in [0.5, 0.6) is 5.75 Å². The number of carbonyl (C=O) groups excluding carboxylic acids is 2. The van der Waals surface area contributed by atoms with Crippen LogP contribution in [0.15, 0.2) is 72.8 Å². The smallest absolute Gasteiger partial charge is 0.258 e. The number of hydrogen-bond donors (Lipinski definition) is 1. The number of rotatable bonds is 7. The first-order valence-corrected chi connectivity index (χ1v) is 10.2. The third-order valence-corrected chi connectivity index (χ3v) is 5.14. The Bertz CT molecular complexity index is 1040. The van der Waals surface area contributed by atoms with Crippen molar-refractivity contribution in [3.8, 4) is 5.75 Å². The monoisotopic (exact) mass is 400 g/mol. The molecule has 0 saturated heterocycles. The molecule has 0 saturated carbocycles. The molecular weight excluding hydrogens is 376 g/mol. The molecule has 0 radical (unpaired) electrons. The second-order valence-electron chi connectivity index (χ2n) is 7.28. The summed E-state index contributed by atoms with van der Waals surface area (Å²) in [5, 5.41) is 2.89. The van der Waals surface area contributed by atoms with E-state index in [4.69, 9.17) is 4.74 Å². The van der Waals surface area contributed by atoms with Gasteiger partial charge in [-0.1, -0.05) is 31.5 Å². The SMILES string of the molecule is CCCCOc1ccc(C(=O)Nc2ccc(N3Cc4ccccc4C3=O)cc2)cc1. The molecule has 1 N–H and O–H groups in total. The molecule has 0 bridgehead atoms. The van der Waals surface area contributed by atoms with Gasteiger partial charge in [-0.15, -0.1) is 0 Å². The average Bonchev–Trinajstić information content (AvgIpc) is 3.12. The van der Waals surface area contributed by atoms with E-state index in [1.165, 1.54) is 0 Å². The number of nitrogens with zero attached hydrogens (tertiary/aromatic N) is 1. The lowest BCUT2D eigenvalue weighted by Crippen LogP contribution is -2.22. The minimum Gasteiger partial charge on any atom is -0.494 e. The van der Waals surface area contributed by atoms with Gasteiger partial charge >= 0.3 is 0 Å². The van der Waals surface area contributed by atoms with Crippen LogP contribution in [0.3, 0.4) is 0 Å². The number of ether oxygens (including phenoxy) is 1. The fourth-order valence-corrected chi connectivity index (χ4v) is 3.43. The van der Waals surface area contributed by atoms with Gasteiger partial charge in [-0.05, 0) is 66.6 Å². The minimum absolute atomic E-state index is 0.00336. The quantitative estimate of drug-likeness (QED) is 0.549. The van der Waals surface area contributed by atoms with E-state index >= 15 is 0 Å². The molecule has 1 aliphatic heterocycles. The molecule has 0 aliphatic carbocycles. The van der Waals surface area contributed by atoms with Gasteiger partial charge in [-0.3, -0.25) is 9.59 Å². The van der Waals surface area contributed by atoms with Gasteiger partial charge in [0.25, 0.3) is 11.8 Å². The fourth-order valence-electron chi connectivity index (χ4n) is 3.43. The second kappa shape index (κ2) is 8.82. The van der Waals surface area contributed by atoms with Crippen LogP contribution >= 0.6 is 0 Å². The molecule has 2 amide bonds. The van der Waals surface area contributed by atoms with Gasteiger partial charge < -0.3 is 15.0 Å². The Kier molecular flexibility index (Phi) is 5.80. The van der Waals surface area contributed by atoms with Gasteiger partial charge in [0.1, 0.15) is 5.75 Å². The zero-order valence-corrected chi connectivity index (χ0v) is 16.9. The molecule has 0 atom stereocenters. The van der Waals surface area contributed by atoms with Crippen molar-refractivity contribution in [2.75, 3.05) is 16.8 Å². The highest BCUT2D eigenvalue weighted by Gasteiger charge is 2.27. The Hall–Kier alpha value is -3.60. The average molecular weight is 400 g/mol. The highest BCUT2D eigenvalue weighted by molar-refractivity contribution is 6.10. The van der Waals surface area contributed by atoms with Crippen molar-refractivity contribution >= 4 is 23.2 Å². The molecule has 1 aliphatic rings. The first kappa shape index (κ1) is 19.7.